The van der Waals surface area contributed by atoms with E-state index in [1.165, 1.54) is 0 Å². The standard InChI is InChI=1S/C14H21NO3S/c1-4-19(16,17)14-7-5-13(6-8-14)15-9-11(2)18-12(3)10-15/h5-8,11-12H,4,9-10H2,1-3H3. The summed E-state index contributed by atoms with van der Waals surface area (Å²) in [6.07, 6.45) is 0.394. The second kappa shape index (κ2) is 5.51. The van der Waals surface area contributed by atoms with Gasteiger partial charge in [-0.2, -0.15) is 0 Å². The molecular formula is C14H21NO3S. The van der Waals surface area contributed by atoms with Gasteiger partial charge in [0.2, 0.25) is 0 Å². The third-order valence-electron chi connectivity index (χ3n) is 3.36. The predicted octanol–water partition coefficient (Wildman–Crippen LogP) is 2.09. The van der Waals surface area contributed by atoms with Crippen molar-refractivity contribution < 1.29 is 13.2 Å². The molecule has 1 saturated heterocycles. The molecule has 1 aromatic rings. The van der Waals surface area contributed by atoms with Crippen LogP contribution in [0.15, 0.2) is 29.2 Å². The predicted molar refractivity (Wildman–Crippen MR) is 76.4 cm³/mol. The lowest BCUT2D eigenvalue weighted by atomic mass is 10.2. The minimum atomic E-state index is -3.11. The molecule has 0 bridgehead atoms. The molecule has 1 fully saturated rings. The van der Waals surface area contributed by atoms with Gasteiger partial charge in [0, 0.05) is 18.8 Å². The van der Waals surface area contributed by atoms with Gasteiger partial charge in [0.25, 0.3) is 0 Å². The molecule has 0 amide bonds. The lowest BCUT2D eigenvalue weighted by Gasteiger charge is -2.36. The van der Waals surface area contributed by atoms with Gasteiger partial charge in [-0.3, -0.25) is 0 Å². The van der Waals surface area contributed by atoms with Crippen molar-refractivity contribution in [3.63, 3.8) is 0 Å². The second-order valence-electron chi connectivity index (χ2n) is 5.06. The van der Waals surface area contributed by atoms with Crippen LogP contribution in [0.3, 0.4) is 0 Å². The van der Waals surface area contributed by atoms with Crippen molar-refractivity contribution in [3.05, 3.63) is 24.3 Å². The van der Waals surface area contributed by atoms with Gasteiger partial charge in [0.1, 0.15) is 0 Å². The molecule has 0 aromatic heterocycles. The highest BCUT2D eigenvalue weighted by molar-refractivity contribution is 7.91. The Balaban J connectivity index is 2.19. The van der Waals surface area contributed by atoms with Crippen molar-refractivity contribution in [1.29, 1.82) is 0 Å². The number of hydrogen-bond donors (Lipinski definition) is 0. The molecule has 106 valence electrons. The topological polar surface area (TPSA) is 46.6 Å². The lowest BCUT2D eigenvalue weighted by Crippen LogP contribution is -2.45. The molecule has 0 aliphatic carbocycles. The first-order valence-electron chi connectivity index (χ1n) is 6.65. The largest absolute Gasteiger partial charge is 0.372 e. The monoisotopic (exact) mass is 283 g/mol. The van der Waals surface area contributed by atoms with E-state index in [1.807, 2.05) is 12.1 Å². The number of rotatable bonds is 3. The fourth-order valence-electron chi connectivity index (χ4n) is 2.42. The first kappa shape index (κ1) is 14.3. The van der Waals surface area contributed by atoms with Crippen LogP contribution in [0.5, 0.6) is 0 Å². The summed E-state index contributed by atoms with van der Waals surface area (Å²) in [5, 5.41) is 0. The second-order valence-corrected chi connectivity index (χ2v) is 7.34. The van der Waals surface area contributed by atoms with Gasteiger partial charge < -0.3 is 9.64 Å². The summed E-state index contributed by atoms with van der Waals surface area (Å²) in [7, 11) is -3.11. The van der Waals surface area contributed by atoms with Gasteiger partial charge in [-0.1, -0.05) is 6.92 Å². The Hall–Kier alpha value is -1.07. The Labute approximate surface area is 115 Å². The fourth-order valence-corrected chi connectivity index (χ4v) is 3.30. The van der Waals surface area contributed by atoms with Crippen molar-refractivity contribution in [2.45, 2.75) is 37.9 Å². The molecule has 1 heterocycles. The van der Waals surface area contributed by atoms with Gasteiger partial charge >= 0.3 is 0 Å². The summed E-state index contributed by atoms with van der Waals surface area (Å²) in [6, 6.07) is 7.15. The first-order chi connectivity index (χ1) is 8.92. The van der Waals surface area contributed by atoms with Crippen LogP contribution in [0.25, 0.3) is 0 Å². The van der Waals surface area contributed by atoms with E-state index >= 15 is 0 Å². The van der Waals surface area contributed by atoms with Gasteiger partial charge in [0.05, 0.1) is 22.9 Å². The van der Waals surface area contributed by atoms with E-state index in [1.54, 1.807) is 19.1 Å². The van der Waals surface area contributed by atoms with E-state index in [9.17, 15) is 8.42 Å². The van der Waals surface area contributed by atoms with E-state index in [0.29, 0.717) is 4.90 Å². The third kappa shape index (κ3) is 3.28. The quantitative estimate of drug-likeness (QED) is 0.852. The highest BCUT2D eigenvalue weighted by atomic mass is 32.2. The number of morpholine rings is 1. The molecule has 2 rings (SSSR count). The molecular weight excluding hydrogens is 262 g/mol. The summed E-state index contributed by atoms with van der Waals surface area (Å²) < 4.78 is 29.2. The average Bonchev–Trinajstić information content (AvgIpc) is 2.38. The maximum absolute atomic E-state index is 11.8. The highest BCUT2D eigenvalue weighted by Crippen LogP contribution is 2.22. The Morgan fingerprint density at radius 1 is 1.16 bits per heavy atom. The summed E-state index contributed by atoms with van der Waals surface area (Å²) in [6.45, 7) is 7.44. The average molecular weight is 283 g/mol. The maximum atomic E-state index is 11.8. The smallest absolute Gasteiger partial charge is 0.178 e. The van der Waals surface area contributed by atoms with Gasteiger partial charge in [0.15, 0.2) is 9.84 Å². The minimum absolute atomic E-state index is 0.137. The van der Waals surface area contributed by atoms with E-state index in [0.717, 1.165) is 18.8 Å². The van der Waals surface area contributed by atoms with Crippen LogP contribution in [0.2, 0.25) is 0 Å². The van der Waals surface area contributed by atoms with Crippen LogP contribution in [0.1, 0.15) is 20.8 Å². The Morgan fingerprint density at radius 3 is 2.16 bits per heavy atom. The molecule has 2 unspecified atom stereocenters. The lowest BCUT2D eigenvalue weighted by molar-refractivity contribution is -0.00522. The van der Waals surface area contributed by atoms with Crippen LogP contribution in [0.4, 0.5) is 5.69 Å². The van der Waals surface area contributed by atoms with Gasteiger partial charge in [-0.15, -0.1) is 0 Å². The normalized spacial score (nSPS) is 24.5. The zero-order valence-corrected chi connectivity index (χ0v) is 12.5. The van der Waals surface area contributed by atoms with Crippen LogP contribution in [0, 0.1) is 0 Å². The number of nitrogens with zero attached hydrogens (tertiary/aromatic N) is 1. The van der Waals surface area contributed by atoms with Crippen molar-refractivity contribution in [2.75, 3.05) is 23.7 Å². The summed E-state index contributed by atoms with van der Waals surface area (Å²) in [5.41, 5.74) is 1.05. The molecule has 0 spiro atoms. The SMILES string of the molecule is CCS(=O)(=O)c1ccc(N2CC(C)OC(C)C2)cc1. The highest BCUT2D eigenvalue weighted by Gasteiger charge is 2.22. The van der Waals surface area contributed by atoms with E-state index in [-0.39, 0.29) is 18.0 Å². The molecule has 19 heavy (non-hydrogen) atoms. The van der Waals surface area contributed by atoms with E-state index in [4.69, 9.17) is 4.74 Å². The molecule has 1 aromatic carbocycles. The fraction of sp³-hybridized carbons (Fsp3) is 0.571. The summed E-state index contributed by atoms with van der Waals surface area (Å²) in [5.74, 6) is 0.137. The number of sulfone groups is 1. The van der Waals surface area contributed by atoms with Crippen molar-refractivity contribution >= 4 is 15.5 Å². The van der Waals surface area contributed by atoms with Crippen molar-refractivity contribution in [2.24, 2.45) is 0 Å². The summed E-state index contributed by atoms with van der Waals surface area (Å²) >= 11 is 0. The maximum Gasteiger partial charge on any atom is 0.178 e. The summed E-state index contributed by atoms with van der Waals surface area (Å²) in [4.78, 5) is 2.63. The van der Waals surface area contributed by atoms with E-state index in [2.05, 4.69) is 18.7 Å². The number of benzene rings is 1. The Kier molecular flexibility index (Phi) is 4.16. The van der Waals surface area contributed by atoms with Crippen LogP contribution in [-0.2, 0) is 14.6 Å². The van der Waals surface area contributed by atoms with Gasteiger partial charge in [-0.25, -0.2) is 8.42 Å². The zero-order chi connectivity index (χ0) is 14.0. The molecule has 0 radical (unpaired) electrons. The molecule has 1 aliphatic rings. The van der Waals surface area contributed by atoms with Crippen molar-refractivity contribution in [1.82, 2.24) is 0 Å². The van der Waals surface area contributed by atoms with Crippen LogP contribution < -0.4 is 4.90 Å². The molecule has 5 heteroatoms. The number of ether oxygens (including phenoxy) is 1. The van der Waals surface area contributed by atoms with E-state index < -0.39 is 9.84 Å². The number of hydrogen-bond acceptors (Lipinski definition) is 4. The molecule has 2 atom stereocenters. The molecule has 4 nitrogen and oxygen atoms in total. The van der Waals surface area contributed by atoms with Gasteiger partial charge in [-0.05, 0) is 38.1 Å². The molecule has 0 saturated carbocycles. The minimum Gasteiger partial charge on any atom is -0.372 e. The zero-order valence-electron chi connectivity index (χ0n) is 11.7. The third-order valence-corrected chi connectivity index (χ3v) is 5.11. The Bertz CT molecular complexity index is 514. The molecule has 1 aliphatic heterocycles. The van der Waals surface area contributed by atoms with Crippen LogP contribution in [-0.4, -0.2) is 39.5 Å². The molecule has 0 N–H and O–H groups in total. The van der Waals surface area contributed by atoms with Crippen LogP contribution >= 0.6 is 0 Å². The first-order valence-corrected chi connectivity index (χ1v) is 8.31. The van der Waals surface area contributed by atoms with Crippen molar-refractivity contribution in [3.8, 4) is 0 Å². The Morgan fingerprint density at radius 2 is 1.68 bits per heavy atom. The number of anilines is 1.